The molecule has 3 aliphatic rings. The maximum Gasteiger partial charge on any atom is 0.239 e. The quantitative estimate of drug-likeness (QED) is 0.503. The van der Waals surface area contributed by atoms with Gasteiger partial charge in [0.2, 0.25) is 17.5 Å². The Morgan fingerprint density at radius 3 is 2.83 bits per heavy atom. The maximum absolute atomic E-state index is 15.0. The summed E-state index contributed by atoms with van der Waals surface area (Å²) in [6.45, 7) is 9.03. The van der Waals surface area contributed by atoms with E-state index in [-0.39, 0.29) is 46.0 Å². The molecule has 0 unspecified atom stereocenters. The molecule has 0 radical (unpaired) electrons. The summed E-state index contributed by atoms with van der Waals surface area (Å²) in [6.07, 6.45) is 3.28. The zero-order valence-corrected chi connectivity index (χ0v) is 19.5. The Morgan fingerprint density at radius 2 is 2.17 bits per heavy atom. The van der Waals surface area contributed by atoms with Gasteiger partial charge in [0.05, 0.1) is 24.3 Å². The molecule has 1 saturated heterocycles. The van der Waals surface area contributed by atoms with Gasteiger partial charge in [0.1, 0.15) is 16.7 Å². The predicted octanol–water partition coefficient (Wildman–Crippen LogP) is 4.24. The molecule has 2 N–H and O–H groups in total. The van der Waals surface area contributed by atoms with Gasteiger partial charge in [-0.05, 0) is 43.5 Å². The van der Waals surface area contributed by atoms with Gasteiger partial charge < -0.3 is 10.6 Å². The van der Waals surface area contributed by atoms with Crippen LogP contribution in [-0.2, 0) is 10.3 Å². The number of aliphatic imine (C=N–C) groups is 1. The van der Waals surface area contributed by atoms with Crippen molar-refractivity contribution in [1.29, 1.82) is 0 Å². The molecule has 2 fully saturated rings. The summed E-state index contributed by atoms with van der Waals surface area (Å²) in [7, 11) is 0. The Hall–Kier alpha value is -3.39. The van der Waals surface area contributed by atoms with Crippen LogP contribution in [0, 0.1) is 18.4 Å². The fourth-order valence-electron chi connectivity index (χ4n) is 4.94. The lowest BCUT2D eigenvalue weighted by molar-refractivity contribution is -0.131. The smallest absolute Gasteiger partial charge is 0.239 e. The van der Waals surface area contributed by atoms with Gasteiger partial charge in [-0.3, -0.25) is 14.8 Å². The number of nitrogens with two attached hydrogens (primary N) is 1. The molecule has 180 valence electrons. The van der Waals surface area contributed by atoms with E-state index < -0.39 is 28.2 Å². The Morgan fingerprint density at radius 1 is 1.37 bits per heavy atom. The minimum absolute atomic E-state index is 0.0226. The summed E-state index contributed by atoms with van der Waals surface area (Å²) >= 11 is 1.15. The number of halogens is 3. The number of thioether (sulfide) groups is 1. The standard InChI is InChI=1S/C24H21F3N6OS/c1-23(19-9-24(19,35-22(28)32-23)21(34)33-6-5-14(25)12-33)16-7-13(10-31-20(16)27)8-17(26)18-4-3-15(29-2)11-30-18/h3-4,7-8,10-11,14,19H,5-6,9,12H2,1H3,(H2,28,32)/b17-8-/t14-,19-,23+,24-/m0/s1. The van der Waals surface area contributed by atoms with Crippen LogP contribution in [0.1, 0.15) is 36.6 Å². The largest absolute Gasteiger partial charge is 0.378 e. The number of amidine groups is 1. The van der Waals surface area contributed by atoms with E-state index in [1.54, 1.807) is 6.92 Å². The summed E-state index contributed by atoms with van der Waals surface area (Å²) < 4.78 is 42.6. The van der Waals surface area contributed by atoms with Gasteiger partial charge in [0.15, 0.2) is 5.17 Å². The number of alkyl halides is 1. The molecule has 5 rings (SSSR count). The Kier molecular flexibility index (Phi) is 5.59. The predicted molar refractivity (Wildman–Crippen MR) is 127 cm³/mol. The molecule has 35 heavy (non-hydrogen) atoms. The second-order valence-corrected chi connectivity index (χ2v) is 10.4. The SMILES string of the molecule is [C-]#[N+]c1ccc(/C(F)=C/c2cnc(F)c([C@@]3(C)N=C(N)S[C@@]4(C(=O)N5CC[C@H](F)C5)C[C@H]43)c2)nc1. The Labute approximate surface area is 204 Å². The molecular weight excluding hydrogens is 477 g/mol. The molecule has 1 saturated carbocycles. The molecule has 2 aromatic heterocycles. The third kappa shape index (κ3) is 3.95. The third-order valence-corrected chi connectivity index (χ3v) is 8.11. The first kappa shape index (κ1) is 23.4. The van der Waals surface area contributed by atoms with Gasteiger partial charge in [-0.25, -0.2) is 18.6 Å². The van der Waals surface area contributed by atoms with E-state index in [4.69, 9.17) is 12.3 Å². The second-order valence-electron chi connectivity index (χ2n) is 9.10. The van der Waals surface area contributed by atoms with Crippen molar-refractivity contribution in [3.63, 3.8) is 0 Å². The first-order valence-corrected chi connectivity index (χ1v) is 11.8. The number of carbonyl (C=O) groups is 1. The lowest BCUT2D eigenvalue weighted by Gasteiger charge is -2.34. The Bertz CT molecular complexity index is 1310. The van der Waals surface area contributed by atoms with Gasteiger partial charge in [-0.1, -0.05) is 17.8 Å². The molecular formula is C24H21F3N6OS. The zero-order valence-electron chi connectivity index (χ0n) is 18.7. The van der Waals surface area contributed by atoms with Gasteiger partial charge in [-0.15, -0.1) is 0 Å². The number of aromatic nitrogens is 2. The van der Waals surface area contributed by atoms with Crippen LogP contribution in [0.5, 0.6) is 0 Å². The van der Waals surface area contributed by atoms with E-state index in [1.807, 2.05) is 0 Å². The van der Waals surface area contributed by atoms with Crippen molar-refractivity contribution in [2.45, 2.75) is 36.2 Å². The van der Waals surface area contributed by atoms with Crippen molar-refractivity contribution in [3.05, 3.63) is 64.8 Å². The molecule has 0 aromatic carbocycles. The highest BCUT2D eigenvalue weighted by Gasteiger charge is 2.71. The van der Waals surface area contributed by atoms with Crippen molar-refractivity contribution >= 4 is 40.4 Å². The van der Waals surface area contributed by atoms with Crippen LogP contribution in [-0.4, -0.2) is 50.0 Å². The number of hydrogen-bond acceptors (Lipinski definition) is 6. The highest BCUT2D eigenvalue weighted by atomic mass is 32.2. The minimum atomic E-state index is -1.20. The van der Waals surface area contributed by atoms with Crippen LogP contribution in [0.2, 0.25) is 0 Å². The second kappa shape index (κ2) is 8.37. The number of fused-ring (bicyclic) bond motifs is 1. The topological polar surface area (TPSA) is 88.8 Å². The number of pyridine rings is 2. The average molecular weight is 499 g/mol. The lowest BCUT2D eigenvalue weighted by Crippen LogP contribution is -2.45. The summed E-state index contributed by atoms with van der Waals surface area (Å²) in [5.41, 5.74) is 5.59. The van der Waals surface area contributed by atoms with E-state index in [0.29, 0.717) is 19.4 Å². The number of likely N-dealkylation sites (tertiary alicyclic amines) is 1. The number of hydrogen-bond donors (Lipinski definition) is 1. The summed E-state index contributed by atoms with van der Waals surface area (Å²) in [5, 5.41) is 0.140. The van der Waals surface area contributed by atoms with Crippen molar-refractivity contribution in [3.8, 4) is 0 Å². The van der Waals surface area contributed by atoms with Gasteiger partial charge in [0.25, 0.3) is 0 Å². The zero-order chi connectivity index (χ0) is 25.0. The first-order valence-electron chi connectivity index (χ1n) is 11.0. The van der Waals surface area contributed by atoms with Gasteiger partial charge in [0, 0.05) is 30.4 Å². The number of nitrogens with zero attached hydrogens (tertiary/aromatic N) is 5. The van der Waals surface area contributed by atoms with Crippen LogP contribution < -0.4 is 5.73 Å². The van der Waals surface area contributed by atoms with Crippen LogP contribution in [0.25, 0.3) is 16.7 Å². The number of carbonyl (C=O) groups excluding carboxylic acids is 1. The molecule has 4 heterocycles. The van der Waals surface area contributed by atoms with E-state index in [9.17, 15) is 13.6 Å². The molecule has 7 nitrogen and oxygen atoms in total. The van der Waals surface area contributed by atoms with Crippen molar-refractivity contribution in [2.75, 3.05) is 13.1 Å². The van der Waals surface area contributed by atoms with E-state index in [0.717, 1.165) is 11.8 Å². The van der Waals surface area contributed by atoms with E-state index >= 15 is 4.39 Å². The highest BCUT2D eigenvalue weighted by molar-refractivity contribution is 8.15. The summed E-state index contributed by atoms with van der Waals surface area (Å²) in [4.78, 5) is 30.3. The fraction of sp³-hybridized carbons (Fsp3) is 0.375. The molecule has 1 amide bonds. The van der Waals surface area contributed by atoms with E-state index in [2.05, 4.69) is 19.8 Å². The molecule has 2 aliphatic heterocycles. The van der Waals surface area contributed by atoms with Crippen LogP contribution in [0.4, 0.5) is 18.9 Å². The van der Waals surface area contributed by atoms with Gasteiger partial charge in [-0.2, -0.15) is 4.39 Å². The molecule has 4 atom stereocenters. The molecule has 0 bridgehead atoms. The molecule has 0 spiro atoms. The van der Waals surface area contributed by atoms with Crippen molar-refractivity contribution in [2.24, 2.45) is 16.6 Å². The molecule has 2 aromatic rings. The maximum atomic E-state index is 15.0. The molecule has 11 heteroatoms. The normalized spacial score (nSPS) is 29.9. The monoisotopic (exact) mass is 498 g/mol. The lowest BCUT2D eigenvalue weighted by atomic mass is 9.86. The van der Waals surface area contributed by atoms with Crippen molar-refractivity contribution < 1.29 is 18.0 Å². The average Bonchev–Trinajstić information content (AvgIpc) is 3.44. The fourth-order valence-corrected chi connectivity index (χ4v) is 6.38. The van der Waals surface area contributed by atoms with Crippen LogP contribution in [0.15, 0.2) is 35.6 Å². The molecule has 1 aliphatic carbocycles. The minimum Gasteiger partial charge on any atom is -0.378 e. The summed E-state index contributed by atoms with van der Waals surface area (Å²) in [5.74, 6) is -2.05. The van der Waals surface area contributed by atoms with Gasteiger partial charge >= 0.3 is 0 Å². The van der Waals surface area contributed by atoms with Crippen LogP contribution in [0.3, 0.4) is 0 Å². The third-order valence-electron chi connectivity index (χ3n) is 6.82. The number of rotatable bonds is 4. The first-order chi connectivity index (χ1) is 16.7. The number of amides is 1. The van der Waals surface area contributed by atoms with Crippen LogP contribution >= 0.6 is 11.8 Å². The van der Waals surface area contributed by atoms with Crippen molar-refractivity contribution in [1.82, 2.24) is 14.9 Å². The van der Waals surface area contributed by atoms with E-state index in [1.165, 1.54) is 41.6 Å². The summed E-state index contributed by atoms with van der Waals surface area (Å²) in [6, 6.07) is 4.28. The highest BCUT2D eigenvalue weighted by Crippen LogP contribution is 2.66. The Balaban J connectivity index is 1.47.